The molecular weight excluding hydrogens is 234 g/mol. The second kappa shape index (κ2) is 5.84. The van der Waals surface area contributed by atoms with Crippen LogP contribution in [0.2, 0.25) is 0 Å². The molecule has 1 aliphatic heterocycles. The van der Waals surface area contributed by atoms with E-state index < -0.39 is 11.9 Å². The second-order valence-corrected chi connectivity index (χ2v) is 5.13. The molecule has 2 atom stereocenters. The molecule has 1 fully saturated rings. The smallest absolute Gasteiger partial charge is 0.240 e. The number of likely N-dealkylation sites (tertiary alicyclic amines) is 1. The summed E-state index contributed by atoms with van der Waals surface area (Å²) in [5, 5.41) is 0. The lowest BCUT2D eigenvalue weighted by molar-refractivity contribution is -0.142. The van der Waals surface area contributed by atoms with Gasteiger partial charge < -0.3 is 15.5 Å². The van der Waals surface area contributed by atoms with E-state index in [1.54, 1.807) is 11.9 Å². The van der Waals surface area contributed by atoms with Crippen LogP contribution in [0, 0.1) is 11.8 Å². The normalized spacial score (nSPS) is 20.9. The summed E-state index contributed by atoms with van der Waals surface area (Å²) in [5.74, 6) is -0.858. The fourth-order valence-corrected chi connectivity index (χ4v) is 2.48. The number of hydrogen-bond donors (Lipinski definition) is 1. The van der Waals surface area contributed by atoms with Crippen LogP contribution in [0.15, 0.2) is 0 Å². The van der Waals surface area contributed by atoms with Gasteiger partial charge in [-0.15, -0.1) is 0 Å². The van der Waals surface area contributed by atoms with Crippen molar-refractivity contribution in [3.63, 3.8) is 0 Å². The molecule has 102 valence electrons. The molecule has 1 heterocycles. The number of rotatable bonds is 5. The quantitative estimate of drug-likeness (QED) is 0.668. The Morgan fingerprint density at radius 1 is 1.44 bits per heavy atom. The summed E-state index contributed by atoms with van der Waals surface area (Å²) in [7, 11) is 1.60. The first kappa shape index (κ1) is 14.5. The number of hydrogen-bond acceptors (Lipinski definition) is 3. The number of primary amides is 1. The maximum absolute atomic E-state index is 12.2. The minimum atomic E-state index is -0.595. The Labute approximate surface area is 107 Å². The van der Waals surface area contributed by atoms with Crippen LogP contribution in [0.25, 0.3) is 0 Å². The highest BCUT2D eigenvalue weighted by Crippen LogP contribution is 2.19. The first-order valence-corrected chi connectivity index (χ1v) is 6.13. The molecule has 0 radical (unpaired) electrons. The molecule has 0 spiro atoms. The van der Waals surface area contributed by atoms with Crippen molar-refractivity contribution in [3.05, 3.63) is 0 Å². The van der Waals surface area contributed by atoms with Gasteiger partial charge in [-0.1, -0.05) is 13.8 Å². The van der Waals surface area contributed by atoms with E-state index in [4.69, 9.17) is 5.73 Å². The van der Waals surface area contributed by atoms with Gasteiger partial charge in [-0.05, 0) is 12.3 Å². The minimum Gasteiger partial charge on any atom is -0.368 e. The predicted molar refractivity (Wildman–Crippen MR) is 66.3 cm³/mol. The van der Waals surface area contributed by atoms with Gasteiger partial charge in [-0.25, -0.2) is 0 Å². The standard InChI is InChI=1S/C12H21N3O3/c1-8(2)10(11(13)17)14(3)12(18)9-4-5-15(6-9)7-16/h7-10H,4-6H2,1-3H3,(H2,13,17)/t9-,10?/m0/s1. The highest BCUT2D eigenvalue weighted by molar-refractivity contribution is 5.88. The van der Waals surface area contributed by atoms with E-state index in [-0.39, 0.29) is 17.7 Å². The maximum Gasteiger partial charge on any atom is 0.240 e. The molecule has 2 N–H and O–H groups in total. The Morgan fingerprint density at radius 2 is 2.06 bits per heavy atom. The van der Waals surface area contributed by atoms with Gasteiger partial charge in [0.2, 0.25) is 18.2 Å². The summed E-state index contributed by atoms with van der Waals surface area (Å²) in [6.07, 6.45) is 1.40. The predicted octanol–water partition coefficient (Wildman–Crippen LogP) is -0.567. The summed E-state index contributed by atoms with van der Waals surface area (Å²) >= 11 is 0. The van der Waals surface area contributed by atoms with Crippen molar-refractivity contribution < 1.29 is 14.4 Å². The van der Waals surface area contributed by atoms with Crippen LogP contribution < -0.4 is 5.73 Å². The van der Waals surface area contributed by atoms with Crippen molar-refractivity contribution in [2.75, 3.05) is 20.1 Å². The van der Waals surface area contributed by atoms with E-state index in [2.05, 4.69) is 0 Å². The van der Waals surface area contributed by atoms with Crippen LogP contribution in [0.5, 0.6) is 0 Å². The fraction of sp³-hybridized carbons (Fsp3) is 0.750. The number of carbonyl (C=O) groups excluding carboxylic acids is 3. The molecule has 1 saturated heterocycles. The number of amides is 3. The lowest BCUT2D eigenvalue weighted by Crippen LogP contribution is -2.50. The molecule has 1 aliphatic rings. The zero-order valence-electron chi connectivity index (χ0n) is 11.1. The van der Waals surface area contributed by atoms with Gasteiger partial charge in [0.25, 0.3) is 0 Å². The molecule has 0 aliphatic carbocycles. The first-order valence-electron chi connectivity index (χ1n) is 6.13. The number of likely N-dealkylation sites (N-methyl/N-ethyl adjacent to an activating group) is 1. The molecule has 1 unspecified atom stereocenters. The van der Waals surface area contributed by atoms with Gasteiger partial charge >= 0.3 is 0 Å². The third kappa shape index (κ3) is 3.00. The molecule has 0 bridgehead atoms. The minimum absolute atomic E-state index is 0.0278. The Kier molecular flexibility index (Phi) is 4.69. The number of carbonyl (C=O) groups is 3. The zero-order chi connectivity index (χ0) is 13.9. The van der Waals surface area contributed by atoms with Crippen LogP contribution in [0.3, 0.4) is 0 Å². The van der Waals surface area contributed by atoms with E-state index in [9.17, 15) is 14.4 Å². The lowest BCUT2D eigenvalue weighted by Gasteiger charge is -2.30. The van der Waals surface area contributed by atoms with Gasteiger partial charge in [0.15, 0.2) is 0 Å². The van der Waals surface area contributed by atoms with Gasteiger partial charge in [0.05, 0.1) is 5.92 Å². The van der Waals surface area contributed by atoms with E-state index in [1.807, 2.05) is 13.8 Å². The average Bonchev–Trinajstić information content (AvgIpc) is 2.75. The Hall–Kier alpha value is -1.59. The molecule has 0 aromatic heterocycles. The summed E-state index contributed by atoms with van der Waals surface area (Å²) in [4.78, 5) is 37.2. The van der Waals surface area contributed by atoms with Crippen LogP contribution in [-0.4, -0.2) is 54.2 Å². The third-order valence-corrected chi connectivity index (χ3v) is 3.41. The molecule has 1 rings (SSSR count). The SMILES string of the molecule is CC(C)C(C(N)=O)N(C)C(=O)[C@H]1CCN(C=O)C1. The highest BCUT2D eigenvalue weighted by atomic mass is 16.2. The van der Waals surface area contributed by atoms with Crippen molar-refractivity contribution in [2.45, 2.75) is 26.3 Å². The summed E-state index contributed by atoms with van der Waals surface area (Å²) in [6.45, 7) is 4.73. The zero-order valence-corrected chi connectivity index (χ0v) is 11.1. The van der Waals surface area contributed by atoms with Gasteiger partial charge in [0.1, 0.15) is 6.04 Å². The summed E-state index contributed by atoms with van der Waals surface area (Å²) in [6, 6.07) is -0.595. The van der Waals surface area contributed by atoms with Crippen LogP contribution in [0.4, 0.5) is 0 Å². The Balaban J connectivity index is 2.71. The molecule has 6 heteroatoms. The van der Waals surface area contributed by atoms with Crippen molar-refractivity contribution in [1.82, 2.24) is 9.80 Å². The number of nitrogens with zero attached hydrogens (tertiary/aromatic N) is 2. The van der Waals surface area contributed by atoms with Crippen molar-refractivity contribution in [2.24, 2.45) is 17.6 Å². The van der Waals surface area contributed by atoms with Crippen LogP contribution >= 0.6 is 0 Å². The van der Waals surface area contributed by atoms with Crippen LogP contribution in [0.1, 0.15) is 20.3 Å². The van der Waals surface area contributed by atoms with Crippen molar-refractivity contribution in [1.29, 1.82) is 0 Å². The van der Waals surface area contributed by atoms with Crippen molar-refractivity contribution in [3.8, 4) is 0 Å². The van der Waals surface area contributed by atoms with Gasteiger partial charge in [-0.2, -0.15) is 0 Å². The number of nitrogens with two attached hydrogens (primary N) is 1. The van der Waals surface area contributed by atoms with Crippen LogP contribution in [-0.2, 0) is 14.4 Å². The summed E-state index contributed by atoms with van der Waals surface area (Å²) < 4.78 is 0. The molecule has 0 saturated carbocycles. The van der Waals surface area contributed by atoms with Gasteiger partial charge in [0, 0.05) is 20.1 Å². The van der Waals surface area contributed by atoms with Crippen molar-refractivity contribution >= 4 is 18.2 Å². The molecular formula is C12H21N3O3. The lowest BCUT2D eigenvalue weighted by atomic mass is 9.99. The maximum atomic E-state index is 12.2. The topological polar surface area (TPSA) is 83.7 Å². The largest absolute Gasteiger partial charge is 0.368 e. The van der Waals surface area contributed by atoms with Gasteiger partial charge in [-0.3, -0.25) is 14.4 Å². The first-order chi connectivity index (χ1) is 8.38. The molecule has 0 aromatic rings. The third-order valence-electron chi connectivity index (χ3n) is 3.41. The van der Waals surface area contributed by atoms with E-state index in [1.165, 1.54) is 4.90 Å². The second-order valence-electron chi connectivity index (χ2n) is 5.13. The van der Waals surface area contributed by atoms with E-state index in [0.29, 0.717) is 19.5 Å². The Bertz CT molecular complexity index is 343. The fourth-order valence-electron chi connectivity index (χ4n) is 2.48. The molecule has 6 nitrogen and oxygen atoms in total. The molecule has 3 amide bonds. The molecule has 18 heavy (non-hydrogen) atoms. The Morgan fingerprint density at radius 3 is 2.44 bits per heavy atom. The highest BCUT2D eigenvalue weighted by Gasteiger charge is 2.35. The van der Waals surface area contributed by atoms with E-state index >= 15 is 0 Å². The average molecular weight is 255 g/mol. The monoisotopic (exact) mass is 255 g/mol. The van der Waals surface area contributed by atoms with E-state index in [0.717, 1.165) is 6.41 Å². The molecule has 0 aromatic carbocycles. The summed E-state index contributed by atoms with van der Waals surface area (Å²) in [5.41, 5.74) is 5.33.